The molecule has 0 atom stereocenters. The van der Waals surface area contributed by atoms with Crippen molar-refractivity contribution in [3.05, 3.63) is 34.9 Å². The molecule has 1 saturated carbocycles. The highest BCUT2D eigenvalue weighted by Gasteiger charge is 2.36. The topological polar surface area (TPSA) is 0 Å². The zero-order valence-corrected chi connectivity index (χ0v) is 12.5. The second kappa shape index (κ2) is 6.10. The molecule has 0 spiro atoms. The molecule has 2 rings (SSSR count). The zero-order valence-electron chi connectivity index (χ0n) is 12.5. The quantitative estimate of drug-likeness (QED) is 0.400. The van der Waals surface area contributed by atoms with Gasteiger partial charge < -0.3 is 0 Å². The molecule has 0 aliphatic heterocycles. The Labute approximate surface area is 130 Å². The number of hydrogen-bond donors (Lipinski definition) is 0. The van der Waals surface area contributed by atoms with E-state index in [-0.39, 0.29) is 17.0 Å². The minimum Gasteiger partial charge on any atom is -0.166 e. The highest BCUT2D eigenvalue weighted by molar-refractivity contribution is 5.43. The second-order valence-corrected chi connectivity index (χ2v) is 6.17. The number of rotatable bonds is 0. The first-order valence-corrected chi connectivity index (χ1v) is 7.32. The maximum atomic E-state index is 12.8. The number of alkyl halides is 6. The van der Waals surface area contributed by atoms with Crippen molar-refractivity contribution in [1.82, 2.24) is 0 Å². The lowest BCUT2D eigenvalue weighted by atomic mass is 9.76. The van der Waals surface area contributed by atoms with Gasteiger partial charge in [0.05, 0.1) is 11.1 Å². The third-order valence-corrected chi connectivity index (χ3v) is 4.05. The summed E-state index contributed by atoms with van der Waals surface area (Å²) >= 11 is 0. The van der Waals surface area contributed by atoms with Gasteiger partial charge in [-0.05, 0) is 38.0 Å². The van der Waals surface area contributed by atoms with Gasteiger partial charge >= 0.3 is 12.4 Å². The summed E-state index contributed by atoms with van der Waals surface area (Å²) < 4.78 is 76.7. The molecule has 0 saturated heterocycles. The van der Waals surface area contributed by atoms with Gasteiger partial charge in [0.15, 0.2) is 0 Å². The van der Waals surface area contributed by atoms with Gasteiger partial charge in [0.25, 0.3) is 0 Å². The minimum absolute atomic E-state index is 0.119. The van der Waals surface area contributed by atoms with E-state index in [0.29, 0.717) is 12.1 Å². The monoisotopic (exact) mass is 334 g/mol. The van der Waals surface area contributed by atoms with Crippen LogP contribution in [0.1, 0.15) is 55.7 Å². The molecule has 0 heterocycles. The van der Waals surface area contributed by atoms with Crippen molar-refractivity contribution in [1.29, 1.82) is 0 Å². The summed E-state index contributed by atoms with van der Waals surface area (Å²) in [7, 11) is 0. The lowest BCUT2D eigenvalue weighted by molar-refractivity contribution is -0.143. The molecule has 0 bridgehead atoms. The Morgan fingerprint density at radius 3 is 1.74 bits per heavy atom. The summed E-state index contributed by atoms with van der Waals surface area (Å²) in [6.07, 6.45) is -5.03. The molecular formula is C17H16F6. The molecule has 1 fully saturated rings. The fourth-order valence-corrected chi connectivity index (χ4v) is 2.71. The molecule has 1 aliphatic rings. The van der Waals surface area contributed by atoms with Crippen LogP contribution in [0.4, 0.5) is 26.3 Å². The highest BCUT2D eigenvalue weighted by atomic mass is 19.4. The maximum absolute atomic E-state index is 12.8. The largest absolute Gasteiger partial charge is 0.416 e. The van der Waals surface area contributed by atoms with E-state index in [9.17, 15) is 26.3 Å². The first-order valence-electron chi connectivity index (χ1n) is 7.32. The summed E-state index contributed by atoms with van der Waals surface area (Å²) in [5.74, 6) is 5.42. The van der Waals surface area contributed by atoms with Crippen molar-refractivity contribution in [3.8, 4) is 11.8 Å². The van der Waals surface area contributed by atoms with Crippen molar-refractivity contribution in [2.24, 2.45) is 5.41 Å². The van der Waals surface area contributed by atoms with E-state index in [0.717, 1.165) is 32.1 Å². The summed E-state index contributed by atoms with van der Waals surface area (Å²) in [5.41, 5.74) is -3.25. The molecule has 0 N–H and O–H groups in total. The van der Waals surface area contributed by atoms with Crippen LogP contribution < -0.4 is 0 Å². The van der Waals surface area contributed by atoms with Crippen molar-refractivity contribution in [3.63, 3.8) is 0 Å². The SMILES string of the molecule is CC1(C#Cc2cc(C(F)(F)F)cc(C(F)(F)F)c2)CCCCC1. The average molecular weight is 334 g/mol. The summed E-state index contributed by atoms with van der Waals surface area (Å²) in [5, 5.41) is 0. The lowest BCUT2D eigenvalue weighted by Gasteiger charge is -2.27. The van der Waals surface area contributed by atoms with Crippen LogP contribution in [0.5, 0.6) is 0 Å². The Hall–Kier alpha value is -1.64. The van der Waals surface area contributed by atoms with Gasteiger partial charge in [0.1, 0.15) is 0 Å². The maximum Gasteiger partial charge on any atom is 0.416 e. The fraction of sp³-hybridized carbons (Fsp3) is 0.529. The van der Waals surface area contributed by atoms with Gasteiger partial charge in [0, 0.05) is 11.0 Å². The predicted molar refractivity (Wildman–Crippen MR) is 74.5 cm³/mol. The van der Waals surface area contributed by atoms with E-state index < -0.39 is 23.5 Å². The van der Waals surface area contributed by atoms with Gasteiger partial charge in [-0.15, -0.1) is 0 Å². The van der Waals surface area contributed by atoms with Crippen LogP contribution in [0.3, 0.4) is 0 Å². The smallest absolute Gasteiger partial charge is 0.166 e. The van der Waals surface area contributed by atoms with Gasteiger partial charge in [0.2, 0.25) is 0 Å². The molecule has 0 aromatic heterocycles. The molecule has 1 aromatic rings. The Morgan fingerprint density at radius 2 is 1.30 bits per heavy atom. The van der Waals surface area contributed by atoms with E-state index in [1.807, 2.05) is 6.92 Å². The molecule has 0 nitrogen and oxygen atoms in total. The molecule has 0 unspecified atom stereocenters. The molecular weight excluding hydrogens is 318 g/mol. The first kappa shape index (κ1) is 17.7. The molecule has 126 valence electrons. The minimum atomic E-state index is -4.84. The van der Waals surface area contributed by atoms with E-state index in [1.165, 1.54) is 0 Å². The van der Waals surface area contributed by atoms with Crippen molar-refractivity contribution >= 4 is 0 Å². The van der Waals surface area contributed by atoms with Crippen LogP contribution in [-0.2, 0) is 12.4 Å². The third-order valence-electron chi connectivity index (χ3n) is 4.05. The average Bonchev–Trinajstić information content (AvgIpc) is 2.44. The first-order chi connectivity index (χ1) is 10.5. The van der Waals surface area contributed by atoms with E-state index in [2.05, 4.69) is 11.8 Å². The molecule has 0 radical (unpaired) electrons. The number of benzene rings is 1. The van der Waals surface area contributed by atoms with Crippen LogP contribution in [0, 0.1) is 17.3 Å². The Kier molecular flexibility index (Phi) is 4.70. The van der Waals surface area contributed by atoms with Crippen molar-refractivity contribution in [2.45, 2.75) is 51.4 Å². The van der Waals surface area contributed by atoms with Gasteiger partial charge in [-0.25, -0.2) is 0 Å². The summed E-state index contributed by atoms with van der Waals surface area (Å²) in [4.78, 5) is 0. The Balaban J connectivity index is 2.42. The number of halogens is 6. The van der Waals surface area contributed by atoms with Crippen LogP contribution in [0.2, 0.25) is 0 Å². The van der Waals surface area contributed by atoms with Crippen LogP contribution in [0.25, 0.3) is 0 Å². The Morgan fingerprint density at radius 1 is 0.826 bits per heavy atom. The molecule has 1 aromatic carbocycles. The molecule has 6 heteroatoms. The predicted octanol–water partition coefficient (Wildman–Crippen LogP) is 6.05. The summed E-state index contributed by atoms with van der Waals surface area (Å²) in [6.45, 7) is 1.90. The molecule has 23 heavy (non-hydrogen) atoms. The van der Waals surface area contributed by atoms with Crippen LogP contribution in [0.15, 0.2) is 18.2 Å². The summed E-state index contributed by atoms with van der Waals surface area (Å²) in [6, 6.07) is 1.47. The van der Waals surface area contributed by atoms with E-state index >= 15 is 0 Å². The highest BCUT2D eigenvalue weighted by Crippen LogP contribution is 2.37. The molecule has 0 amide bonds. The second-order valence-electron chi connectivity index (χ2n) is 6.17. The normalized spacial score (nSPS) is 18.2. The van der Waals surface area contributed by atoms with E-state index in [4.69, 9.17) is 0 Å². The van der Waals surface area contributed by atoms with Crippen LogP contribution in [-0.4, -0.2) is 0 Å². The standard InChI is InChI=1S/C17H16F6/c1-15(6-3-2-4-7-15)8-5-12-9-13(16(18,19)20)11-14(10-12)17(21,22)23/h9-11H,2-4,6-7H2,1H3. The van der Waals surface area contributed by atoms with Crippen molar-refractivity contribution < 1.29 is 26.3 Å². The van der Waals surface area contributed by atoms with Gasteiger partial charge in [-0.3, -0.25) is 0 Å². The zero-order chi connectivity index (χ0) is 17.3. The fourth-order valence-electron chi connectivity index (χ4n) is 2.71. The van der Waals surface area contributed by atoms with E-state index in [1.54, 1.807) is 0 Å². The lowest BCUT2D eigenvalue weighted by Crippen LogP contribution is -2.17. The Bertz CT molecular complexity index is 589. The van der Waals surface area contributed by atoms with Gasteiger partial charge in [-0.1, -0.05) is 31.1 Å². The third kappa shape index (κ3) is 4.66. The number of hydrogen-bond acceptors (Lipinski definition) is 0. The molecule has 1 aliphatic carbocycles. The van der Waals surface area contributed by atoms with Crippen LogP contribution >= 0.6 is 0 Å². The van der Waals surface area contributed by atoms with Gasteiger partial charge in [-0.2, -0.15) is 26.3 Å². The van der Waals surface area contributed by atoms with Crippen molar-refractivity contribution in [2.75, 3.05) is 0 Å².